The van der Waals surface area contributed by atoms with Crippen LogP contribution in [0.1, 0.15) is 65.2 Å². The van der Waals surface area contributed by atoms with E-state index in [1.165, 1.54) is 5.56 Å². The molecule has 114 valence electrons. The molecule has 1 aromatic carbocycles. The van der Waals surface area contributed by atoms with E-state index in [9.17, 15) is 5.11 Å². The molecule has 0 bridgehead atoms. The van der Waals surface area contributed by atoms with Crippen LogP contribution in [0.3, 0.4) is 0 Å². The van der Waals surface area contributed by atoms with E-state index in [2.05, 4.69) is 71.1 Å². The van der Waals surface area contributed by atoms with Crippen molar-refractivity contribution < 1.29 is 5.11 Å². The first-order chi connectivity index (χ1) is 9.25. The van der Waals surface area contributed by atoms with Crippen molar-refractivity contribution in [2.24, 2.45) is 5.92 Å². The highest BCUT2D eigenvalue weighted by Crippen LogP contribution is 2.25. The van der Waals surface area contributed by atoms with Crippen LogP contribution in [0.15, 0.2) is 24.3 Å². The Bertz CT molecular complexity index is 389. The average Bonchev–Trinajstić information content (AvgIpc) is 2.38. The van der Waals surface area contributed by atoms with E-state index in [1.54, 1.807) is 0 Å². The molecule has 0 saturated heterocycles. The number of hydrogen-bond donors (Lipinski definition) is 2. The SMILES string of the molecule is CCC(NCC(C)C)C(O)c1ccc(C(C)(C)C)cc1. The molecule has 2 unspecified atom stereocenters. The van der Waals surface area contributed by atoms with E-state index in [0.29, 0.717) is 5.92 Å². The van der Waals surface area contributed by atoms with Gasteiger partial charge in [0.15, 0.2) is 0 Å². The summed E-state index contributed by atoms with van der Waals surface area (Å²) in [5.74, 6) is 0.597. The van der Waals surface area contributed by atoms with Gasteiger partial charge in [-0.2, -0.15) is 0 Å². The van der Waals surface area contributed by atoms with Crippen LogP contribution in [0, 0.1) is 5.92 Å². The smallest absolute Gasteiger partial charge is 0.0942 e. The fourth-order valence-corrected chi connectivity index (χ4v) is 2.28. The lowest BCUT2D eigenvalue weighted by Crippen LogP contribution is -2.36. The van der Waals surface area contributed by atoms with Crippen molar-refractivity contribution in [3.05, 3.63) is 35.4 Å². The van der Waals surface area contributed by atoms with Gasteiger partial charge in [0.2, 0.25) is 0 Å². The number of nitrogens with one attached hydrogen (secondary N) is 1. The highest BCUT2D eigenvalue weighted by Gasteiger charge is 2.20. The Morgan fingerprint density at radius 1 is 1.10 bits per heavy atom. The molecule has 0 saturated carbocycles. The summed E-state index contributed by atoms with van der Waals surface area (Å²) >= 11 is 0. The van der Waals surface area contributed by atoms with E-state index in [1.807, 2.05) is 0 Å². The molecule has 0 radical (unpaired) electrons. The van der Waals surface area contributed by atoms with Crippen LogP contribution in [0.5, 0.6) is 0 Å². The highest BCUT2D eigenvalue weighted by molar-refractivity contribution is 5.29. The molecule has 0 aliphatic rings. The lowest BCUT2D eigenvalue weighted by atomic mass is 9.86. The molecular weight excluding hydrogens is 246 g/mol. The van der Waals surface area contributed by atoms with Crippen LogP contribution in [-0.4, -0.2) is 17.7 Å². The van der Waals surface area contributed by atoms with Crippen LogP contribution >= 0.6 is 0 Å². The van der Waals surface area contributed by atoms with Crippen molar-refractivity contribution in [3.63, 3.8) is 0 Å². The van der Waals surface area contributed by atoms with E-state index in [0.717, 1.165) is 18.5 Å². The van der Waals surface area contributed by atoms with Crippen LogP contribution in [0.4, 0.5) is 0 Å². The van der Waals surface area contributed by atoms with Crippen LogP contribution < -0.4 is 5.32 Å². The molecule has 0 heterocycles. The third-order valence-electron chi connectivity index (χ3n) is 3.73. The van der Waals surface area contributed by atoms with E-state index < -0.39 is 6.10 Å². The van der Waals surface area contributed by atoms with Crippen molar-refractivity contribution in [3.8, 4) is 0 Å². The Morgan fingerprint density at radius 3 is 2.05 bits per heavy atom. The second-order valence-electron chi connectivity index (χ2n) is 7.13. The summed E-state index contributed by atoms with van der Waals surface area (Å²) in [7, 11) is 0. The summed E-state index contributed by atoms with van der Waals surface area (Å²) in [5, 5.41) is 14.0. The average molecular weight is 277 g/mol. The van der Waals surface area contributed by atoms with Crippen molar-refractivity contribution in [2.45, 2.75) is 65.5 Å². The molecule has 2 heteroatoms. The van der Waals surface area contributed by atoms with Gasteiger partial charge in [0.1, 0.15) is 0 Å². The topological polar surface area (TPSA) is 32.3 Å². The van der Waals surface area contributed by atoms with Gasteiger partial charge in [-0.1, -0.05) is 65.8 Å². The summed E-state index contributed by atoms with van der Waals surface area (Å²) in [5.41, 5.74) is 2.46. The predicted octanol–water partition coefficient (Wildman–Crippen LogP) is 4.04. The third kappa shape index (κ3) is 4.92. The van der Waals surface area contributed by atoms with E-state index >= 15 is 0 Å². The highest BCUT2D eigenvalue weighted by atomic mass is 16.3. The first-order valence-corrected chi connectivity index (χ1v) is 7.77. The van der Waals surface area contributed by atoms with Crippen LogP contribution in [-0.2, 0) is 5.41 Å². The molecule has 0 aliphatic heterocycles. The van der Waals surface area contributed by atoms with Gasteiger partial charge >= 0.3 is 0 Å². The minimum Gasteiger partial charge on any atom is -0.387 e. The van der Waals surface area contributed by atoms with Gasteiger partial charge in [-0.15, -0.1) is 0 Å². The molecule has 0 spiro atoms. The zero-order valence-corrected chi connectivity index (χ0v) is 13.9. The predicted molar refractivity (Wildman–Crippen MR) is 87.0 cm³/mol. The number of rotatable bonds is 6. The zero-order valence-electron chi connectivity index (χ0n) is 13.9. The number of hydrogen-bond acceptors (Lipinski definition) is 2. The Kier molecular flexibility index (Phi) is 6.22. The van der Waals surface area contributed by atoms with Gasteiger partial charge in [-0.3, -0.25) is 0 Å². The molecule has 20 heavy (non-hydrogen) atoms. The Hall–Kier alpha value is -0.860. The molecule has 0 aliphatic carbocycles. The minimum absolute atomic E-state index is 0.123. The largest absolute Gasteiger partial charge is 0.387 e. The first kappa shape index (κ1) is 17.2. The molecule has 2 atom stereocenters. The number of aliphatic hydroxyl groups excluding tert-OH is 1. The maximum Gasteiger partial charge on any atom is 0.0942 e. The lowest BCUT2D eigenvalue weighted by molar-refractivity contribution is 0.124. The van der Waals surface area contributed by atoms with Gasteiger partial charge in [-0.05, 0) is 35.4 Å². The summed E-state index contributed by atoms with van der Waals surface area (Å²) in [4.78, 5) is 0. The zero-order chi connectivity index (χ0) is 15.3. The fraction of sp³-hybridized carbons (Fsp3) is 0.667. The minimum atomic E-state index is -0.437. The summed E-state index contributed by atoms with van der Waals surface area (Å²) < 4.78 is 0. The van der Waals surface area contributed by atoms with Gasteiger partial charge in [0, 0.05) is 6.04 Å². The van der Waals surface area contributed by atoms with Gasteiger partial charge in [0.05, 0.1) is 6.10 Å². The van der Waals surface area contributed by atoms with E-state index in [4.69, 9.17) is 0 Å². The summed E-state index contributed by atoms with van der Waals surface area (Å²) in [6.45, 7) is 14.0. The van der Waals surface area contributed by atoms with Crippen molar-refractivity contribution in [1.82, 2.24) is 5.32 Å². The van der Waals surface area contributed by atoms with Gasteiger partial charge in [0.25, 0.3) is 0 Å². The Labute approximate surface area is 124 Å². The van der Waals surface area contributed by atoms with Gasteiger partial charge < -0.3 is 10.4 Å². The Morgan fingerprint density at radius 2 is 1.65 bits per heavy atom. The molecule has 1 rings (SSSR count). The molecule has 2 N–H and O–H groups in total. The molecule has 0 aromatic heterocycles. The quantitative estimate of drug-likeness (QED) is 0.822. The van der Waals surface area contributed by atoms with E-state index in [-0.39, 0.29) is 11.5 Å². The maximum atomic E-state index is 10.5. The molecule has 2 nitrogen and oxygen atoms in total. The Balaban J connectivity index is 2.77. The number of aliphatic hydroxyl groups is 1. The summed E-state index contributed by atoms with van der Waals surface area (Å²) in [6, 6.07) is 8.51. The lowest BCUT2D eigenvalue weighted by Gasteiger charge is -2.25. The second-order valence-corrected chi connectivity index (χ2v) is 7.13. The first-order valence-electron chi connectivity index (χ1n) is 7.77. The van der Waals surface area contributed by atoms with Crippen molar-refractivity contribution in [1.29, 1.82) is 0 Å². The third-order valence-corrected chi connectivity index (χ3v) is 3.73. The van der Waals surface area contributed by atoms with Crippen LogP contribution in [0.25, 0.3) is 0 Å². The van der Waals surface area contributed by atoms with Crippen LogP contribution in [0.2, 0.25) is 0 Å². The van der Waals surface area contributed by atoms with Gasteiger partial charge in [-0.25, -0.2) is 0 Å². The molecule has 0 amide bonds. The molecule has 0 fully saturated rings. The number of benzene rings is 1. The fourth-order valence-electron chi connectivity index (χ4n) is 2.28. The normalized spacial score (nSPS) is 15.4. The van der Waals surface area contributed by atoms with Crippen molar-refractivity contribution in [2.75, 3.05) is 6.54 Å². The molecule has 1 aromatic rings. The summed E-state index contributed by atoms with van der Waals surface area (Å²) in [6.07, 6.45) is 0.488. The monoisotopic (exact) mass is 277 g/mol. The molecular formula is C18H31NO. The second kappa shape index (κ2) is 7.24. The van der Waals surface area contributed by atoms with Crippen molar-refractivity contribution >= 4 is 0 Å². The standard InChI is InChI=1S/C18H31NO/c1-7-16(19-12-13(2)3)17(20)14-8-10-15(11-9-14)18(4,5)6/h8-11,13,16-17,19-20H,7,12H2,1-6H3. The maximum absolute atomic E-state index is 10.5.